The minimum Gasteiger partial charge on any atom is -0.313 e. The zero-order chi connectivity index (χ0) is 10.7. The quantitative estimate of drug-likeness (QED) is 0.729. The molecule has 0 aromatic heterocycles. The first-order valence-corrected chi connectivity index (χ1v) is 7.06. The molecule has 2 fully saturated rings. The van der Waals surface area contributed by atoms with E-state index in [0.717, 1.165) is 23.8 Å². The molecule has 1 nitrogen and oxygen atoms in total. The van der Waals surface area contributed by atoms with Crippen LogP contribution in [-0.2, 0) is 0 Å². The van der Waals surface area contributed by atoms with Crippen molar-refractivity contribution in [2.75, 3.05) is 6.54 Å². The van der Waals surface area contributed by atoms with Crippen molar-refractivity contribution in [1.82, 2.24) is 5.32 Å². The van der Waals surface area contributed by atoms with Crippen molar-refractivity contribution in [2.45, 2.75) is 64.8 Å². The molecule has 0 bridgehead atoms. The topological polar surface area (TPSA) is 12.0 Å². The molecule has 1 heteroatoms. The highest BCUT2D eigenvalue weighted by atomic mass is 14.9. The second-order valence-corrected chi connectivity index (χ2v) is 5.75. The van der Waals surface area contributed by atoms with Crippen molar-refractivity contribution in [3.8, 4) is 0 Å². The molecule has 0 saturated heterocycles. The highest BCUT2D eigenvalue weighted by molar-refractivity contribution is 4.96. The molecule has 0 radical (unpaired) electrons. The van der Waals surface area contributed by atoms with Gasteiger partial charge in [0.15, 0.2) is 0 Å². The number of hydrogen-bond acceptors (Lipinski definition) is 1. The van der Waals surface area contributed by atoms with Gasteiger partial charge in [0.2, 0.25) is 0 Å². The number of nitrogens with one attached hydrogen (secondary N) is 1. The van der Waals surface area contributed by atoms with Gasteiger partial charge in [-0.05, 0) is 50.0 Å². The van der Waals surface area contributed by atoms with Gasteiger partial charge >= 0.3 is 0 Å². The highest BCUT2D eigenvalue weighted by Crippen LogP contribution is 2.45. The summed E-state index contributed by atoms with van der Waals surface area (Å²) >= 11 is 0. The molecular formula is C14H27N. The zero-order valence-corrected chi connectivity index (χ0v) is 10.5. The Kier molecular flexibility index (Phi) is 4.07. The predicted octanol–water partition coefficient (Wildman–Crippen LogP) is 3.59. The van der Waals surface area contributed by atoms with Crippen LogP contribution in [0, 0.1) is 17.8 Å². The first-order valence-electron chi connectivity index (χ1n) is 7.06. The van der Waals surface area contributed by atoms with E-state index in [1.807, 2.05) is 0 Å². The van der Waals surface area contributed by atoms with E-state index in [1.54, 1.807) is 0 Å². The predicted molar refractivity (Wildman–Crippen MR) is 65.9 cm³/mol. The van der Waals surface area contributed by atoms with E-state index in [4.69, 9.17) is 0 Å². The Morgan fingerprint density at radius 1 is 1.20 bits per heavy atom. The molecule has 2 aliphatic carbocycles. The Hall–Kier alpha value is -0.0400. The summed E-state index contributed by atoms with van der Waals surface area (Å²) in [5.74, 6) is 3.01. The Morgan fingerprint density at radius 3 is 2.40 bits per heavy atom. The smallest absolute Gasteiger partial charge is 0.0126 e. The molecule has 0 aromatic rings. The third kappa shape index (κ3) is 2.96. The maximum absolute atomic E-state index is 3.83. The number of hydrogen-bond donors (Lipinski definition) is 1. The molecule has 88 valence electrons. The van der Waals surface area contributed by atoms with E-state index in [9.17, 15) is 0 Å². The molecule has 2 aliphatic rings. The fourth-order valence-electron chi connectivity index (χ4n) is 3.32. The minimum absolute atomic E-state index is 0.861. The summed E-state index contributed by atoms with van der Waals surface area (Å²) in [6.45, 7) is 5.93. The van der Waals surface area contributed by atoms with Gasteiger partial charge in [-0.3, -0.25) is 0 Å². The molecule has 0 heterocycles. The van der Waals surface area contributed by atoms with Gasteiger partial charge in [0.25, 0.3) is 0 Å². The van der Waals surface area contributed by atoms with E-state index in [-0.39, 0.29) is 0 Å². The van der Waals surface area contributed by atoms with Gasteiger partial charge in [0.05, 0.1) is 0 Å². The van der Waals surface area contributed by atoms with Crippen molar-refractivity contribution < 1.29 is 0 Å². The van der Waals surface area contributed by atoms with Gasteiger partial charge < -0.3 is 5.32 Å². The van der Waals surface area contributed by atoms with E-state index in [1.165, 1.54) is 51.5 Å². The summed E-state index contributed by atoms with van der Waals surface area (Å²) in [6.07, 6.45) is 10.2. The first-order chi connectivity index (χ1) is 7.33. The normalized spacial score (nSPS) is 34.0. The van der Waals surface area contributed by atoms with Crippen LogP contribution in [0.1, 0.15) is 58.8 Å². The van der Waals surface area contributed by atoms with E-state index >= 15 is 0 Å². The molecular weight excluding hydrogens is 182 g/mol. The Morgan fingerprint density at radius 2 is 1.87 bits per heavy atom. The van der Waals surface area contributed by atoms with Crippen molar-refractivity contribution in [3.05, 3.63) is 0 Å². The standard InChI is InChI=1S/C14H27N/c1-3-9-15-14(13-10-11(13)2)12-7-5-4-6-8-12/h11-15H,3-10H2,1-2H3. The minimum atomic E-state index is 0.861. The van der Waals surface area contributed by atoms with Crippen LogP contribution >= 0.6 is 0 Å². The maximum atomic E-state index is 3.83. The lowest BCUT2D eigenvalue weighted by Crippen LogP contribution is -2.39. The summed E-state index contributed by atoms with van der Waals surface area (Å²) in [5, 5.41) is 3.83. The van der Waals surface area contributed by atoms with Crippen molar-refractivity contribution in [3.63, 3.8) is 0 Å². The lowest BCUT2D eigenvalue weighted by atomic mass is 9.81. The molecule has 2 rings (SSSR count). The maximum Gasteiger partial charge on any atom is 0.0126 e. The van der Waals surface area contributed by atoms with E-state index in [2.05, 4.69) is 19.2 Å². The van der Waals surface area contributed by atoms with Crippen LogP contribution in [0.15, 0.2) is 0 Å². The SMILES string of the molecule is CCCNC(C1CCCCC1)C1CC1C. The monoisotopic (exact) mass is 209 g/mol. The van der Waals surface area contributed by atoms with Crippen LogP contribution in [0.5, 0.6) is 0 Å². The van der Waals surface area contributed by atoms with Gasteiger partial charge in [0, 0.05) is 6.04 Å². The average Bonchev–Trinajstić information content (AvgIpc) is 2.98. The third-order valence-corrected chi connectivity index (χ3v) is 4.42. The number of rotatable bonds is 5. The van der Waals surface area contributed by atoms with Crippen LogP contribution in [0.25, 0.3) is 0 Å². The second kappa shape index (κ2) is 5.34. The molecule has 1 N–H and O–H groups in total. The average molecular weight is 209 g/mol. The fourth-order valence-corrected chi connectivity index (χ4v) is 3.32. The van der Waals surface area contributed by atoms with Gasteiger partial charge in [-0.25, -0.2) is 0 Å². The van der Waals surface area contributed by atoms with Crippen molar-refractivity contribution >= 4 is 0 Å². The van der Waals surface area contributed by atoms with E-state index in [0.29, 0.717) is 0 Å². The van der Waals surface area contributed by atoms with Crippen LogP contribution in [-0.4, -0.2) is 12.6 Å². The first kappa shape index (κ1) is 11.4. The second-order valence-electron chi connectivity index (χ2n) is 5.75. The molecule has 3 atom stereocenters. The molecule has 0 amide bonds. The molecule has 0 aliphatic heterocycles. The Labute approximate surface area is 95.0 Å². The third-order valence-electron chi connectivity index (χ3n) is 4.42. The molecule has 0 spiro atoms. The summed E-state index contributed by atoms with van der Waals surface area (Å²) in [6, 6.07) is 0.861. The van der Waals surface area contributed by atoms with Gasteiger partial charge in [-0.2, -0.15) is 0 Å². The summed E-state index contributed by atoms with van der Waals surface area (Å²) in [7, 11) is 0. The molecule has 3 unspecified atom stereocenters. The lowest BCUT2D eigenvalue weighted by Gasteiger charge is -2.31. The molecule has 15 heavy (non-hydrogen) atoms. The molecule has 0 aromatic carbocycles. The Bertz CT molecular complexity index is 184. The van der Waals surface area contributed by atoms with Crippen LogP contribution < -0.4 is 5.32 Å². The van der Waals surface area contributed by atoms with Gasteiger partial charge in [0.1, 0.15) is 0 Å². The van der Waals surface area contributed by atoms with Crippen LogP contribution in [0.2, 0.25) is 0 Å². The fraction of sp³-hybridized carbons (Fsp3) is 1.00. The molecule has 2 saturated carbocycles. The van der Waals surface area contributed by atoms with Gasteiger partial charge in [-0.15, -0.1) is 0 Å². The summed E-state index contributed by atoms with van der Waals surface area (Å²) in [5.41, 5.74) is 0. The van der Waals surface area contributed by atoms with Crippen LogP contribution in [0.3, 0.4) is 0 Å². The zero-order valence-electron chi connectivity index (χ0n) is 10.5. The van der Waals surface area contributed by atoms with Crippen molar-refractivity contribution in [1.29, 1.82) is 0 Å². The van der Waals surface area contributed by atoms with Gasteiger partial charge in [-0.1, -0.05) is 33.1 Å². The van der Waals surface area contributed by atoms with Crippen molar-refractivity contribution in [2.24, 2.45) is 17.8 Å². The largest absolute Gasteiger partial charge is 0.313 e. The summed E-state index contributed by atoms with van der Waals surface area (Å²) < 4.78 is 0. The van der Waals surface area contributed by atoms with E-state index < -0.39 is 0 Å². The summed E-state index contributed by atoms with van der Waals surface area (Å²) in [4.78, 5) is 0. The highest BCUT2D eigenvalue weighted by Gasteiger charge is 2.42. The van der Waals surface area contributed by atoms with Crippen LogP contribution in [0.4, 0.5) is 0 Å². The lowest BCUT2D eigenvalue weighted by molar-refractivity contribution is 0.243. The Balaban J connectivity index is 1.85.